The van der Waals surface area contributed by atoms with E-state index in [0.29, 0.717) is 6.42 Å². The van der Waals surface area contributed by atoms with Crippen molar-refractivity contribution in [3.05, 3.63) is 11.1 Å². The van der Waals surface area contributed by atoms with E-state index in [1.54, 1.807) is 11.8 Å². The second kappa shape index (κ2) is 6.03. The van der Waals surface area contributed by atoms with Gasteiger partial charge in [0.25, 0.3) is 0 Å². The Hall–Kier alpha value is -0.550. The van der Waals surface area contributed by atoms with Crippen LogP contribution in [0.4, 0.5) is 0 Å². The zero-order valence-corrected chi connectivity index (χ0v) is 9.83. The lowest BCUT2D eigenvalue weighted by atomic mass is 10.3. The summed E-state index contributed by atoms with van der Waals surface area (Å²) in [7, 11) is 1.41. The van der Waals surface area contributed by atoms with E-state index in [4.69, 9.17) is 0 Å². The molecule has 0 saturated heterocycles. The number of carbonyl (C=O) groups excluding carboxylic acids is 1. The molecule has 1 radical (unpaired) electrons. The number of carbonyl (C=O) groups is 1. The van der Waals surface area contributed by atoms with Crippen molar-refractivity contribution in [3.63, 3.8) is 0 Å². The summed E-state index contributed by atoms with van der Waals surface area (Å²) < 4.78 is 5.56. The molecule has 0 N–H and O–H groups in total. The molecule has 0 amide bonds. The molecule has 0 aliphatic heterocycles. The van der Waals surface area contributed by atoms with Crippen molar-refractivity contribution in [1.29, 1.82) is 0 Å². The van der Waals surface area contributed by atoms with E-state index >= 15 is 0 Å². The molecular formula is C9H12NO2S2. The van der Waals surface area contributed by atoms with Gasteiger partial charge in [0.05, 0.1) is 18.2 Å². The van der Waals surface area contributed by atoms with Crippen LogP contribution in [-0.2, 0) is 9.53 Å². The Labute approximate surface area is 91.9 Å². The molecule has 0 bridgehead atoms. The van der Waals surface area contributed by atoms with Crippen molar-refractivity contribution in [2.24, 2.45) is 0 Å². The van der Waals surface area contributed by atoms with E-state index in [0.717, 1.165) is 22.2 Å². The number of ether oxygens (including phenoxy) is 1. The normalized spacial score (nSPS) is 10.1. The SMILES string of the molecule is COC(=O)CCCSc1nc(C)[c]s1. The summed E-state index contributed by atoms with van der Waals surface area (Å²) in [6, 6.07) is 0. The van der Waals surface area contributed by atoms with Crippen molar-refractivity contribution in [2.75, 3.05) is 12.9 Å². The summed E-state index contributed by atoms with van der Waals surface area (Å²) >= 11 is 3.19. The van der Waals surface area contributed by atoms with E-state index in [9.17, 15) is 4.79 Å². The smallest absolute Gasteiger partial charge is 0.305 e. The van der Waals surface area contributed by atoms with Gasteiger partial charge in [-0.3, -0.25) is 4.79 Å². The van der Waals surface area contributed by atoms with E-state index in [-0.39, 0.29) is 5.97 Å². The zero-order valence-electron chi connectivity index (χ0n) is 8.20. The quantitative estimate of drug-likeness (QED) is 0.442. The van der Waals surface area contributed by atoms with Gasteiger partial charge in [0.15, 0.2) is 4.34 Å². The highest BCUT2D eigenvalue weighted by Crippen LogP contribution is 2.22. The van der Waals surface area contributed by atoms with Crippen LogP contribution in [0.15, 0.2) is 4.34 Å². The molecular weight excluding hydrogens is 218 g/mol. The number of thioether (sulfide) groups is 1. The van der Waals surface area contributed by atoms with Crippen molar-refractivity contribution in [1.82, 2.24) is 4.98 Å². The Morgan fingerprint density at radius 3 is 3.07 bits per heavy atom. The first-order valence-electron chi connectivity index (χ1n) is 4.27. The summed E-state index contributed by atoms with van der Waals surface area (Å²) in [5.41, 5.74) is 0.936. The molecule has 0 saturated carbocycles. The van der Waals surface area contributed by atoms with Crippen LogP contribution in [0, 0.1) is 12.3 Å². The first-order chi connectivity index (χ1) is 6.72. The fraction of sp³-hybridized carbons (Fsp3) is 0.556. The second-order valence-electron chi connectivity index (χ2n) is 2.70. The minimum Gasteiger partial charge on any atom is -0.469 e. The molecule has 1 heterocycles. The van der Waals surface area contributed by atoms with E-state index in [1.165, 1.54) is 18.4 Å². The van der Waals surface area contributed by atoms with E-state index in [2.05, 4.69) is 15.1 Å². The van der Waals surface area contributed by atoms with Gasteiger partial charge < -0.3 is 4.74 Å². The predicted octanol–water partition coefficient (Wildman–Crippen LogP) is 2.30. The third kappa shape index (κ3) is 4.11. The fourth-order valence-corrected chi connectivity index (χ4v) is 2.58. The number of esters is 1. The molecule has 0 aliphatic carbocycles. The maximum atomic E-state index is 10.8. The van der Waals surface area contributed by atoms with Gasteiger partial charge in [0, 0.05) is 12.2 Å². The molecule has 0 spiro atoms. The average molecular weight is 230 g/mol. The highest BCUT2D eigenvalue weighted by atomic mass is 32.2. The number of hydrogen-bond acceptors (Lipinski definition) is 5. The Morgan fingerprint density at radius 2 is 2.50 bits per heavy atom. The van der Waals surface area contributed by atoms with Gasteiger partial charge in [0.2, 0.25) is 0 Å². The number of methoxy groups -OCH3 is 1. The Bertz CT molecular complexity index is 299. The molecule has 1 aromatic rings. The summed E-state index contributed by atoms with van der Waals surface area (Å²) in [4.78, 5) is 15.0. The van der Waals surface area contributed by atoms with Crippen molar-refractivity contribution >= 4 is 29.1 Å². The van der Waals surface area contributed by atoms with Crippen LogP contribution in [0.3, 0.4) is 0 Å². The maximum Gasteiger partial charge on any atom is 0.305 e. The van der Waals surface area contributed by atoms with Gasteiger partial charge in [-0.25, -0.2) is 4.98 Å². The third-order valence-electron chi connectivity index (χ3n) is 1.52. The number of hydrogen-bond donors (Lipinski definition) is 0. The van der Waals surface area contributed by atoms with Gasteiger partial charge in [-0.15, -0.1) is 11.3 Å². The Kier molecular flexibility index (Phi) is 4.97. The molecule has 0 aromatic carbocycles. The van der Waals surface area contributed by atoms with E-state index < -0.39 is 0 Å². The van der Waals surface area contributed by atoms with Crippen LogP contribution in [0.2, 0.25) is 0 Å². The number of thiazole rings is 1. The standard InChI is InChI=1S/C9H12NO2S2/c1-7-6-14-9(10-7)13-5-3-4-8(11)12-2/h3-5H2,1-2H3. The summed E-state index contributed by atoms with van der Waals surface area (Å²) in [6.45, 7) is 1.93. The minimum absolute atomic E-state index is 0.146. The molecule has 1 rings (SSSR count). The summed E-state index contributed by atoms with van der Waals surface area (Å²) in [5, 5.41) is 3.05. The Balaban J connectivity index is 2.13. The van der Waals surface area contributed by atoms with Gasteiger partial charge in [-0.1, -0.05) is 11.8 Å². The van der Waals surface area contributed by atoms with Gasteiger partial charge in [-0.2, -0.15) is 0 Å². The molecule has 77 valence electrons. The molecule has 0 atom stereocenters. The number of aryl methyl sites for hydroxylation is 1. The topological polar surface area (TPSA) is 39.2 Å². The van der Waals surface area contributed by atoms with Gasteiger partial charge in [0.1, 0.15) is 0 Å². The van der Waals surface area contributed by atoms with Crippen molar-refractivity contribution < 1.29 is 9.53 Å². The number of nitrogens with zero attached hydrogens (tertiary/aromatic N) is 1. The van der Waals surface area contributed by atoms with Crippen LogP contribution in [0.1, 0.15) is 18.5 Å². The highest BCUT2D eigenvalue weighted by molar-refractivity contribution is 8.00. The lowest BCUT2D eigenvalue weighted by Crippen LogP contribution is -1.99. The maximum absolute atomic E-state index is 10.8. The van der Waals surface area contributed by atoms with Crippen LogP contribution >= 0.6 is 23.1 Å². The second-order valence-corrected chi connectivity index (χ2v) is 4.83. The molecule has 5 heteroatoms. The fourth-order valence-electron chi connectivity index (χ4n) is 0.840. The van der Waals surface area contributed by atoms with Crippen LogP contribution in [0.5, 0.6) is 0 Å². The third-order valence-corrected chi connectivity index (χ3v) is 3.62. The first-order valence-corrected chi connectivity index (χ1v) is 6.07. The molecule has 0 unspecified atom stereocenters. The van der Waals surface area contributed by atoms with Crippen molar-refractivity contribution in [3.8, 4) is 0 Å². The molecule has 1 aromatic heterocycles. The number of rotatable bonds is 5. The summed E-state index contributed by atoms with van der Waals surface area (Å²) in [6.07, 6.45) is 1.31. The lowest BCUT2D eigenvalue weighted by Gasteiger charge is -1.97. The predicted molar refractivity (Wildman–Crippen MR) is 57.7 cm³/mol. The zero-order chi connectivity index (χ0) is 10.4. The van der Waals surface area contributed by atoms with Crippen molar-refractivity contribution in [2.45, 2.75) is 24.1 Å². The summed E-state index contributed by atoms with van der Waals surface area (Å²) in [5.74, 6) is 0.753. The van der Waals surface area contributed by atoms with Gasteiger partial charge in [-0.05, 0) is 13.3 Å². The minimum atomic E-state index is -0.146. The number of aromatic nitrogens is 1. The molecule has 14 heavy (non-hydrogen) atoms. The average Bonchev–Trinajstić information content (AvgIpc) is 2.58. The molecule has 0 aliphatic rings. The van der Waals surface area contributed by atoms with Crippen LogP contribution < -0.4 is 0 Å². The first kappa shape index (κ1) is 11.5. The largest absolute Gasteiger partial charge is 0.469 e. The Morgan fingerprint density at radius 1 is 1.71 bits per heavy atom. The highest BCUT2D eigenvalue weighted by Gasteiger charge is 2.02. The monoisotopic (exact) mass is 230 g/mol. The van der Waals surface area contributed by atoms with Crippen LogP contribution in [-0.4, -0.2) is 23.8 Å². The van der Waals surface area contributed by atoms with Gasteiger partial charge >= 0.3 is 5.97 Å². The molecule has 0 fully saturated rings. The van der Waals surface area contributed by atoms with E-state index in [1.807, 2.05) is 6.92 Å². The molecule has 3 nitrogen and oxygen atoms in total. The van der Waals surface area contributed by atoms with Crippen LogP contribution in [0.25, 0.3) is 0 Å². The lowest BCUT2D eigenvalue weighted by molar-refractivity contribution is -0.140.